The van der Waals surface area contributed by atoms with Gasteiger partial charge >= 0.3 is 0 Å². The molecule has 5 nitrogen and oxygen atoms in total. The van der Waals surface area contributed by atoms with Crippen LogP contribution in [-0.4, -0.2) is 36.1 Å². The maximum absolute atomic E-state index is 8.76. The van der Waals surface area contributed by atoms with Gasteiger partial charge in [-0.25, -0.2) is 9.97 Å². The Bertz CT molecular complexity index is 657. The number of nitrogens with zero attached hydrogens (tertiary/aromatic N) is 5. The lowest BCUT2D eigenvalue weighted by atomic mass is 10.2. The minimum absolute atomic E-state index is 0.483. The molecule has 1 aromatic carbocycles. The predicted octanol–water partition coefficient (Wildman–Crippen LogP) is 2.33. The fourth-order valence-corrected chi connectivity index (χ4v) is 2.56. The Balaban J connectivity index is 1.66. The summed E-state index contributed by atoms with van der Waals surface area (Å²) in [5.74, 6) is 0.680. The zero-order chi connectivity index (χ0) is 14.7. The van der Waals surface area contributed by atoms with Gasteiger partial charge in [0.15, 0.2) is 0 Å². The zero-order valence-electron chi connectivity index (χ0n) is 11.4. The van der Waals surface area contributed by atoms with E-state index in [4.69, 9.17) is 16.9 Å². The first-order valence-corrected chi connectivity index (χ1v) is 7.12. The van der Waals surface area contributed by atoms with E-state index in [2.05, 4.69) is 25.8 Å². The molecular weight excluding hydrogens is 286 g/mol. The number of hydrogen-bond acceptors (Lipinski definition) is 5. The van der Waals surface area contributed by atoms with E-state index in [0.29, 0.717) is 11.5 Å². The topological polar surface area (TPSA) is 56.1 Å². The van der Waals surface area contributed by atoms with Crippen LogP contribution in [0.3, 0.4) is 0 Å². The van der Waals surface area contributed by atoms with Crippen LogP contribution in [-0.2, 0) is 0 Å². The highest BCUT2D eigenvalue weighted by atomic mass is 35.5. The van der Waals surface area contributed by atoms with Crippen LogP contribution in [0.25, 0.3) is 0 Å². The number of benzene rings is 1. The Kier molecular flexibility index (Phi) is 3.89. The molecule has 2 aromatic rings. The number of piperazine rings is 1. The zero-order valence-corrected chi connectivity index (χ0v) is 12.2. The smallest absolute Gasteiger partial charge is 0.225 e. The lowest BCUT2D eigenvalue weighted by molar-refractivity contribution is 0.640. The number of halogens is 1. The summed E-state index contributed by atoms with van der Waals surface area (Å²) in [6.45, 7) is 3.48. The van der Waals surface area contributed by atoms with Crippen molar-refractivity contribution in [3.8, 4) is 6.07 Å². The van der Waals surface area contributed by atoms with Crippen LogP contribution in [0.1, 0.15) is 5.56 Å². The Hall–Kier alpha value is -2.32. The number of aromatic nitrogens is 2. The Morgan fingerprint density at radius 1 is 1.05 bits per heavy atom. The van der Waals surface area contributed by atoms with E-state index in [1.807, 2.05) is 24.3 Å². The van der Waals surface area contributed by atoms with Gasteiger partial charge in [0.05, 0.1) is 18.0 Å². The van der Waals surface area contributed by atoms with Gasteiger partial charge in [0.25, 0.3) is 0 Å². The molecule has 1 fully saturated rings. The lowest BCUT2D eigenvalue weighted by Gasteiger charge is -2.36. The van der Waals surface area contributed by atoms with Crippen molar-refractivity contribution in [3.63, 3.8) is 0 Å². The first-order valence-electron chi connectivity index (χ1n) is 6.74. The molecule has 2 heterocycles. The van der Waals surface area contributed by atoms with Crippen molar-refractivity contribution in [3.05, 3.63) is 47.2 Å². The quantitative estimate of drug-likeness (QED) is 0.852. The van der Waals surface area contributed by atoms with Gasteiger partial charge in [-0.15, -0.1) is 0 Å². The molecule has 1 aromatic heterocycles. The monoisotopic (exact) mass is 299 g/mol. The van der Waals surface area contributed by atoms with Crippen LogP contribution in [0.15, 0.2) is 36.7 Å². The van der Waals surface area contributed by atoms with E-state index in [0.717, 1.165) is 36.9 Å². The third kappa shape index (κ3) is 3.06. The first-order chi connectivity index (χ1) is 10.3. The van der Waals surface area contributed by atoms with Gasteiger partial charge in [0.2, 0.25) is 5.95 Å². The standard InChI is InChI=1S/C15H14ClN5/c16-13-2-1-3-14(8-13)20-4-6-21(7-5-20)15-18-10-12(9-17)11-19-15/h1-3,8,10-11H,4-7H2. The number of hydrogen-bond donors (Lipinski definition) is 0. The molecule has 0 N–H and O–H groups in total. The van der Waals surface area contributed by atoms with Crippen LogP contribution >= 0.6 is 11.6 Å². The second kappa shape index (κ2) is 5.98. The molecule has 0 unspecified atom stereocenters. The number of anilines is 2. The summed E-state index contributed by atoms with van der Waals surface area (Å²) < 4.78 is 0. The molecule has 6 heteroatoms. The van der Waals surface area contributed by atoms with Crippen LogP contribution in [0.2, 0.25) is 5.02 Å². The molecule has 21 heavy (non-hydrogen) atoms. The van der Waals surface area contributed by atoms with Crippen molar-refractivity contribution in [1.82, 2.24) is 9.97 Å². The summed E-state index contributed by atoms with van der Waals surface area (Å²) in [7, 11) is 0. The largest absolute Gasteiger partial charge is 0.368 e. The molecule has 0 saturated carbocycles. The molecule has 1 saturated heterocycles. The van der Waals surface area contributed by atoms with Crippen molar-refractivity contribution in [2.45, 2.75) is 0 Å². The lowest BCUT2D eigenvalue weighted by Crippen LogP contribution is -2.47. The Labute approximate surface area is 128 Å². The molecule has 106 valence electrons. The van der Waals surface area contributed by atoms with Gasteiger partial charge in [-0.3, -0.25) is 0 Å². The van der Waals surface area contributed by atoms with E-state index in [1.54, 1.807) is 12.4 Å². The summed E-state index contributed by atoms with van der Waals surface area (Å²) in [5, 5.41) is 9.52. The highest BCUT2D eigenvalue weighted by Gasteiger charge is 2.19. The second-order valence-corrected chi connectivity index (χ2v) is 5.27. The minimum atomic E-state index is 0.483. The molecule has 3 rings (SSSR count). The fourth-order valence-electron chi connectivity index (χ4n) is 2.38. The average Bonchev–Trinajstić information content (AvgIpc) is 2.55. The van der Waals surface area contributed by atoms with E-state index < -0.39 is 0 Å². The highest BCUT2D eigenvalue weighted by Crippen LogP contribution is 2.21. The predicted molar refractivity (Wildman–Crippen MR) is 82.6 cm³/mol. The van der Waals surface area contributed by atoms with Gasteiger partial charge < -0.3 is 9.80 Å². The molecule has 0 atom stereocenters. The van der Waals surface area contributed by atoms with Gasteiger partial charge in [0.1, 0.15) is 6.07 Å². The van der Waals surface area contributed by atoms with Crippen LogP contribution in [0, 0.1) is 11.3 Å². The van der Waals surface area contributed by atoms with Crippen molar-refractivity contribution >= 4 is 23.2 Å². The number of nitriles is 1. The van der Waals surface area contributed by atoms with E-state index in [1.165, 1.54) is 0 Å². The van der Waals surface area contributed by atoms with Crippen LogP contribution < -0.4 is 9.80 Å². The number of rotatable bonds is 2. The molecule has 0 bridgehead atoms. The molecule has 0 radical (unpaired) electrons. The van der Waals surface area contributed by atoms with Crippen LogP contribution in [0.4, 0.5) is 11.6 Å². The SMILES string of the molecule is N#Cc1cnc(N2CCN(c3cccc(Cl)c3)CC2)nc1. The van der Waals surface area contributed by atoms with E-state index >= 15 is 0 Å². The summed E-state index contributed by atoms with van der Waals surface area (Å²) in [4.78, 5) is 12.9. The van der Waals surface area contributed by atoms with Crippen LogP contribution in [0.5, 0.6) is 0 Å². The molecule has 1 aliphatic rings. The van der Waals surface area contributed by atoms with Crippen molar-refractivity contribution in [1.29, 1.82) is 5.26 Å². The molecule has 1 aliphatic heterocycles. The normalized spacial score (nSPS) is 14.9. The van der Waals surface area contributed by atoms with Gasteiger partial charge in [-0.05, 0) is 18.2 Å². The van der Waals surface area contributed by atoms with Crippen molar-refractivity contribution < 1.29 is 0 Å². The molecule has 0 spiro atoms. The average molecular weight is 300 g/mol. The van der Waals surface area contributed by atoms with E-state index in [-0.39, 0.29) is 0 Å². The second-order valence-electron chi connectivity index (χ2n) is 4.84. The van der Waals surface area contributed by atoms with Gasteiger partial charge in [-0.1, -0.05) is 17.7 Å². The maximum Gasteiger partial charge on any atom is 0.225 e. The third-order valence-corrected chi connectivity index (χ3v) is 3.74. The fraction of sp³-hybridized carbons (Fsp3) is 0.267. The summed E-state index contributed by atoms with van der Waals surface area (Å²) >= 11 is 6.03. The van der Waals surface area contributed by atoms with Crippen molar-refractivity contribution in [2.75, 3.05) is 36.0 Å². The van der Waals surface area contributed by atoms with Gasteiger partial charge in [0, 0.05) is 36.9 Å². The highest BCUT2D eigenvalue weighted by molar-refractivity contribution is 6.30. The summed E-state index contributed by atoms with van der Waals surface area (Å²) in [5.41, 5.74) is 1.62. The summed E-state index contributed by atoms with van der Waals surface area (Å²) in [6.07, 6.45) is 3.12. The van der Waals surface area contributed by atoms with E-state index in [9.17, 15) is 0 Å². The minimum Gasteiger partial charge on any atom is -0.368 e. The Morgan fingerprint density at radius 3 is 2.33 bits per heavy atom. The van der Waals surface area contributed by atoms with Gasteiger partial charge in [-0.2, -0.15) is 5.26 Å². The summed E-state index contributed by atoms with van der Waals surface area (Å²) in [6, 6.07) is 9.92. The van der Waals surface area contributed by atoms with Crippen molar-refractivity contribution in [2.24, 2.45) is 0 Å². The first kappa shape index (κ1) is 13.7. The molecule has 0 amide bonds. The Morgan fingerprint density at radius 2 is 1.71 bits per heavy atom. The maximum atomic E-state index is 8.76. The molecular formula is C15H14ClN5. The third-order valence-electron chi connectivity index (χ3n) is 3.50. The molecule has 0 aliphatic carbocycles.